The lowest BCUT2D eigenvalue weighted by Crippen LogP contribution is -2.45. The third-order valence-electron chi connectivity index (χ3n) is 6.13. The first-order valence-electron chi connectivity index (χ1n) is 10.2. The van der Waals surface area contributed by atoms with E-state index >= 15 is 0 Å². The van der Waals surface area contributed by atoms with Gasteiger partial charge in [0, 0.05) is 36.1 Å². The van der Waals surface area contributed by atoms with E-state index in [1.165, 1.54) is 32.2 Å². The minimum absolute atomic E-state index is 0.0175. The van der Waals surface area contributed by atoms with Crippen molar-refractivity contribution in [2.45, 2.75) is 51.5 Å². The van der Waals surface area contributed by atoms with E-state index < -0.39 is 0 Å². The lowest BCUT2D eigenvalue weighted by atomic mass is 10.0. The van der Waals surface area contributed by atoms with Crippen molar-refractivity contribution in [3.05, 3.63) is 40.5 Å². The number of likely N-dealkylation sites (tertiary alicyclic amines) is 1. The number of benzene rings is 1. The van der Waals surface area contributed by atoms with Gasteiger partial charge < -0.3 is 10.2 Å². The minimum Gasteiger partial charge on any atom is -0.349 e. The molecule has 2 aromatic rings. The number of carbonyl (C=O) groups is 1. The summed E-state index contributed by atoms with van der Waals surface area (Å²) >= 11 is 6.09. The molecule has 0 spiro atoms. The smallest absolute Gasteiger partial charge is 0.253 e. The van der Waals surface area contributed by atoms with Crippen LogP contribution in [0.25, 0.3) is 10.9 Å². The van der Waals surface area contributed by atoms with Crippen molar-refractivity contribution in [2.75, 3.05) is 19.6 Å². The maximum absolute atomic E-state index is 12.8. The molecule has 0 bridgehead atoms. The number of halogens is 1. The Labute approximate surface area is 166 Å². The normalized spacial score (nSPS) is 19.6. The zero-order chi connectivity index (χ0) is 18.8. The average molecular weight is 386 g/mol. The first-order chi connectivity index (χ1) is 13.1. The Hall–Kier alpha value is -1.65. The second-order valence-electron chi connectivity index (χ2n) is 8.16. The van der Waals surface area contributed by atoms with E-state index in [1.807, 2.05) is 31.2 Å². The summed E-state index contributed by atoms with van der Waals surface area (Å²) in [6.45, 7) is 5.32. The molecule has 27 heavy (non-hydrogen) atoms. The Morgan fingerprint density at radius 1 is 1.19 bits per heavy atom. The zero-order valence-corrected chi connectivity index (χ0v) is 16.8. The molecule has 0 unspecified atom stereocenters. The van der Waals surface area contributed by atoms with Gasteiger partial charge in [-0.3, -0.25) is 9.78 Å². The second-order valence-corrected chi connectivity index (χ2v) is 8.59. The van der Waals surface area contributed by atoms with Gasteiger partial charge in [-0.15, -0.1) is 0 Å². The Bertz CT molecular complexity index is 824. The van der Waals surface area contributed by atoms with Crippen LogP contribution >= 0.6 is 11.6 Å². The molecule has 2 aliphatic rings. The second kappa shape index (κ2) is 8.15. The minimum atomic E-state index is -0.0175. The van der Waals surface area contributed by atoms with Crippen LogP contribution in [-0.4, -0.2) is 41.5 Å². The van der Waals surface area contributed by atoms with Crippen molar-refractivity contribution in [3.63, 3.8) is 0 Å². The van der Waals surface area contributed by atoms with Gasteiger partial charge in [-0.2, -0.15) is 0 Å². The molecule has 144 valence electrons. The van der Waals surface area contributed by atoms with Crippen LogP contribution in [0.15, 0.2) is 24.3 Å². The van der Waals surface area contributed by atoms with Crippen LogP contribution in [0.5, 0.6) is 0 Å². The molecule has 5 heteroatoms. The molecule has 1 aliphatic carbocycles. The number of piperidine rings is 1. The number of nitrogens with one attached hydrogen (secondary N) is 1. The molecule has 4 rings (SSSR count). The molecule has 1 N–H and O–H groups in total. The van der Waals surface area contributed by atoms with Crippen molar-refractivity contribution in [1.29, 1.82) is 0 Å². The van der Waals surface area contributed by atoms with Crippen LogP contribution in [0.3, 0.4) is 0 Å². The maximum Gasteiger partial charge on any atom is 0.253 e. The highest BCUT2D eigenvalue weighted by molar-refractivity contribution is 6.31. The van der Waals surface area contributed by atoms with Crippen LogP contribution in [-0.2, 0) is 0 Å². The van der Waals surface area contributed by atoms with Gasteiger partial charge in [0.15, 0.2) is 0 Å². The molecule has 1 aromatic carbocycles. The van der Waals surface area contributed by atoms with Gasteiger partial charge in [-0.25, -0.2) is 0 Å². The Kier molecular flexibility index (Phi) is 5.65. The van der Waals surface area contributed by atoms with Gasteiger partial charge >= 0.3 is 0 Å². The molecule has 1 amide bonds. The average Bonchev–Trinajstić information content (AvgIpc) is 3.16. The molecule has 2 fully saturated rings. The topological polar surface area (TPSA) is 45.2 Å². The van der Waals surface area contributed by atoms with Crippen molar-refractivity contribution < 1.29 is 4.79 Å². The van der Waals surface area contributed by atoms with Crippen LogP contribution in [0.4, 0.5) is 0 Å². The Balaban J connectivity index is 1.36. The first-order valence-corrected chi connectivity index (χ1v) is 10.6. The number of amides is 1. The number of carbonyl (C=O) groups excluding carboxylic acids is 1. The van der Waals surface area contributed by atoms with E-state index in [1.54, 1.807) is 0 Å². The molecule has 0 atom stereocenters. The number of nitrogens with zero attached hydrogens (tertiary/aromatic N) is 2. The van der Waals surface area contributed by atoms with Crippen molar-refractivity contribution in [3.8, 4) is 0 Å². The van der Waals surface area contributed by atoms with Gasteiger partial charge in [-0.05, 0) is 62.8 Å². The predicted octanol–water partition coefficient (Wildman–Crippen LogP) is 4.58. The molecular weight excluding hydrogens is 358 g/mol. The number of rotatable bonds is 4. The summed E-state index contributed by atoms with van der Waals surface area (Å²) < 4.78 is 0. The van der Waals surface area contributed by atoms with Crippen LogP contribution in [0.2, 0.25) is 5.02 Å². The number of hydrogen-bond acceptors (Lipinski definition) is 3. The highest BCUT2D eigenvalue weighted by Gasteiger charge is 2.25. The fourth-order valence-electron chi connectivity index (χ4n) is 4.55. The standard InChI is InChI=1S/C22H28ClN3O/c1-15-20(13-17-12-18(23)6-7-21(17)24-15)22(27)25-19-8-10-26(11-9-19)14-16-4-2-3-5-16/h6-7,12-13,16,19H,2-5,8-11,14H2,1H3,(H,25,27). The number of aryl methyl sites for hydroxylation is 1. The number of hydrogen-bond donors (Lipinski definition) is 1. The zero-order valence-electron chi connectivity index (χ0n) is 16.0. The fraction of sp³-hybridized carbons (Fsp3) is 0.545. The molecule has 1 saturated carbocycles. The van der Waals surface area contributed by atoms with Crippen LogP contribution in [0, 0.1) is 12.8 Å². The summed E-state index contributed by atoms with van der Waals surface area (Å²) in [6, 6.07) is 7.75. The molecule has 2 heterocycles. The largest absolute Gasteiger partial charge is 0.349 e. The third kappa shape index (κ3) is 4.44. The first kappa shape index (κ1) is 18.7. The van der Waals surface area contributed by atoms with Crippen molar-refractivity contribution in [2.24, 2.45) is 5.92 Å². The lowest BCUT2D eigenvalue weighted by Gasteiger charge is -2.33. The fourth-order valence-corrected chi connectivity index (χ4v) is 4.74. The van der Waals surface area contributed by atoms with E-state index in [2.05, 4.69) is 15.2 Å². The van der Waals surface area contributed by atoms with Crippen LogP contribution < -0.4 is 5.32 Å². The highest BCUT2D eigenvalue weighted by atomic mass is 35.5. The molecule has 4 nitrogen and oxygen atoms in total. The van der Waals surface area contributed by atoms with Gasteiger partial charge in [0.05, 0.1) is 16.8 Å². The van der Waals surface area contributed by atoms with Gasteiger partial charge in [-0.1, -0.05) is 24.4 Å². The van der Waals surface area contributed by atoms with Gasteiger partial charge in [0.1, 0.15) is 0 Å². The Morgan fingerprint density at radius 3 is 2.67 bits per heavy atom. The van der Waals surface area contributed by atoms with Crippen molar-refractivity contribution in [1.82, 2.24) is 15.2 Å². The van der Waals surface area contributed by atoms with E-state index in [4.69, 9.17) is 11.6 Å². The monoisotopic (exact) mass is 385 g/mol. The van der Waals surface area contributed by atoms with Gasteiger partial charge in [0.2, 0.25) is 0 Å². The summed E-state index contributed by atoms with van der Waals surface area (Å²) in [7, 11) is 0. The Morgan fingerprint density at radius 2 is 1.93 bits per heavy atom. The lowest BCUT2D eigenvalue weighted by molar-refractivity contribution is 0.0905. The highest BCUT2D eigenvalue weighted by Crippen LogP contribution is 2.26. The SMILES string of the molecule is Cc1nc2ccc(Cl)cc2cc1C(=O)NC1CCN(CC2CCCC2)CC1. The van der Waals surface area contributed by atoms with Crippen LogP contribution in [0.1, 0.15) is 54.6 Å². The summed E-state index contributed by atoms with van der Waals surface area (Å²) in [5.41, 5.74) is 2.29. The molecule has 1 saturated heterocycles. The van der Waals surface area contributed by atoms with E-state index in [-0.39, 0.29) is 11.9 Å². The summed E-state index contributed by atoms with van der Waals surface area (Å²) in [5, 5.41) is 4.80. The number of pyridine rings is 1. The number of aromatic nitrogens is 1. The van der Waals surface area contributed by atoms with Gasteiger partial charge in [0.25, 0.3) is 5.91 Å². The van der Waals surface area contributed by atoms with E-state index in [0.717, 1.165) is 48.4 Å². The molecular formula is C22H28ClN3O. The quantitative estimate of drug-likeness (QED) is 0.837. The van der Waals surface area contributed by atoms with E-state index in [0.29, 0.717) is 10.6 Å². The predicted molar refractivity (Wildman–Crippen MR) is 110 cm³/mol. The number of fused-ring (bicyclic) bond motifs is 1. The molecule has 1 aromatic heterocycles. The summed E-state index contributed by atoms with van der Waals surface area (Å²) in [4.78, 5) is 20.0. The van der Waals surface area contributed by atoms with E-state index in [9.17, 15) is 4.79 Å². The molecule has 0 radical (unpaired) electrons. The summed E-state index contributed by atoms with van der Waals surface area (Å²) in [6.07, 6.45) is 7.67. The third-order valence-corrected chi connectivity index (χ3v) is 6.36. The molecule has 1 aliphatic heterocycles. The maximum atomic E-state index is 12.8. The summed E-state index contributed by atoms with van der Waals surface area (Å²) in [5.74, 6) is 0.880. The van der Waals surface area contributed by atoms with Crippen molar-refractivity contribution >= 4 is 28.4 Å².